The molecule has 2 atom stereocenters. The van der Waals surface area contributed by atoms with Crippen molar-refractivity contribution in [3.63, 3.8) is 0 Å². The van der Waals surface area contributed by atoms with Crippen molar-refractivity contribution in [2.75, 3.05) is 33.7 Å². The Morgan fingerprint density at radius 3 is 2.57 bits per heavy atom. The van der Waals surface area contributed by atoms with Crippen molar-refractivity contribution in [1.82, 2.24) is 10.2 Å². The summed E-state index contributed by atoms with van der Waals surface area (Å²) in [6.45, 7) is 7.18. The summed E-state index contributed by atoms with van der Waals surface area (Å²) in [6, 6.07) is 17.0. The predicted molar refractivity (Wildman–Crippen MR) is 127 cm³/mol. The van der Waals surface area contributed by atoms with Crippen molar-refractivity contribution >= 4 is 23.3 Å². The lowest BCUT2D eigenvalue weighted by Crippen LogP contribution is -2.42. The molecule has 2 aromatic rings. The lowest BCUT2D eigenvalue weighted by molar-refractivity contribution is 0.241. The first kappa shape index (κ1) is 21.1. The van der Waals surface area contributed by atoms with E-state index < -0.39 is 0 Å². The standard InChI is InChI=1S/C25H31ClN4/c1-25(2,16-30(3)4)15-28-24-27-14-18-13-22(17-9-11-19(26)12-10-17)20-7-5-6-8-21(20)23(18)29-24/h5-12,18,22H,13-16H2,1-4H3,(H,27,28). The van der Waals surface area contributed by atoms with E-state index in [4.69, 9.17) is 21.6 Å². The van der Waals surface area contributed by atoms with Crippen LogP contribution < -0.4 is 5.32 Å². The van der Waals surface area contributed by atoms with Crippen LogP contribution in [0.4, 0.5) is 0 Å². The Morgan fingerprint density at radius 1 is 1.10 bits per heavy atom. The van der Waals surface area contributed by atoms with E-state index in [-0.39, 0.29) is 5.41 Å². The Hall–Kier alpha value is -2.17. The lowest BCUT2D eigenvalue weighted by atomic mass is 9.72. The topological polar surface area (TPSA) is 40.0 Å². The Labute approximate surface area is 185 Å². The average Bonchev–Trinajstić information content (AvgIpc) is 2.71. The highest BCUT2D eigenvalue weighted by Crippen LogP contribution is 2.40. The van der Waals surface area contributed by atoms with Gasteiger partial charge in [-0.05, 0) is 49.2 Å². The van der Waals surface area contributed by atoms with Crippen LogP contribution in [-0.4, -0.2) is 50.3 Å². The van der Waals surface area contributed by atoms with Gasteiger partial charge in [-0.1, -0.05) is 61.8 Å². The molecule has 0 saturated heterocycles. The first-order valence-corrected chi connectivity index (χ1v) is 11.1. The Morgan fingerprint density at radius 2 is 1.83 bits per heavy atom. The molecule has 1 aliphatic carbocycles. The first-order valence-electron chi connectivity index (χ1n) is 10.7. The molecule has 0 amide bonds. The number of hydrogen-bond acceptors (Lipinski definition) is 4. The summed E-state index contributed by atoms with van der Waals surface area (Å²) >= 11 is 6.12. The normalized spacial score (nSPS) is 20.9. The molecule has 5 heteroatoms. The fourth-order valence-corrected chi connectivity index (χ4v) is 4.90. The molecule has 2 unspecified atom stereocenters. The van der Waals surface area contributed by atoms with Crippen LogP contribution in [0.15, 0.2) is 58.5 Å². The number of aliphatic imine (C=N–C) groups is 2. The smallest absolute Gasteiger partial charge is 0.218 e. The summed E-state index contributed by atoms with van der Waals surface area (Å²) in [5.74, 6) is 1.47. The number of fused-ring (bicyclic) bond motifs is 3. The highest BCUT2D eigenvalue weighted by atomic mass is 35.5. The van der Waals surface area contributed by atoms with Crippen LogP contribution in [0, 0.1) is 11.3 Å². The molecule has 158 valence electrons. The maximum atomic E-state index is 6.12. The monoisotopic (exact) mass is 422 g/mol. The summed E-state index contributed by atoms with van der Waals surface area (Å²) < 4.78 is 0. The molecule has 0 saturated carbocycles. The fraction of sp³-hybridized carbons (Fsp3) is 0.440. The minimum absolute atomic E-state index is 0.146. The van der Waals surface area contributed by atoms with Crippen LogP contribution in [0.1, 0.15) is 42.9 Å². The van der Waals surface area contributed by atoms with E-state index in [0.29, 0.717) is 11.8 Å². The van der Waals surface area contributed by atoms with Gasteiger partial charge in [-0.3, -0.25) is 4.99 Å². The summed E-state index contributed by atoms with van der Waals surface area (Å²) in [4.78, 5) is 12.0. The Bertz CT molecular complexity index is 959. The van der Waals surface area contributed by atoms with Gasteiger partial charge in [0.2, 0.25) is 5.96 Å². The molecule has 2 aliphatic rings. The van der Waals surface area contributed by atoms with Crippen molar-refractivity contribution in [2.45, 2.75) is 26.2 Å². The van der Waals surface area contributed by atoms with Gasteiger partial charge in [-0.2, -0.15) is 0 Å². The molecular weight excluding hydrogens is 392 g/mol. The van der Waals surface area contributed by atoms with E-state index >= 15 is 0 Å². The van der Waals surface area contributed by atoms with Gasteiger partial charge >= 0.3 is 0 Å². The van der Waals surface area contributed by atoms with E-state index in [2.05, 4.69) is 74.6 Å². The van der Waals surface area contributed by atoms with E-state index in [9.17, 15) is 0 Å². The molecule has 2 aromatic carbocycles. The number of hydrogen-bond donors (Lipinski definition) is 1. The summed E-state index contributed by atoms with van der Waals surface area (Å²) in [7, 11) is 4.22. The molecule has 1 aliphatic heterocycles. The average molecular weight is 423 g/mol. The van der Waals surface area contributed by atoms with Crippen LogP contribution in [0.3, 0.4) is 0 Å². The quantitative estimate of drug-likeness (QED) is 0.749. The van der Waals surface area contributed by atoms with Gasteiger partial charge in [-0.15, -0.1) is 0 Å². The number of rotatable bonds is 5. The highest BCUT2D eigenvalue weighted by molar-refractivity contribution is 6.30. The van der Waals surface area contributed by atoms with E-state index in [1.165, 1.54) is 22.4 Å². The number of guanidine groups is 1. The van der Waals surface area contributed by atoms with Crippen LogP contribution in [-0.2, 0) is 0 Å². The van der Waals surface area contributed by atoms with Gasteiger partial charge in [-0.25, -0.2) is 4.99 Å². The zero-order valence-electron chi connectivity index (χ0n) is 18.3. The van der Waals surface area contributed by atoms with Crippen molar-refractivity contribution in [1.29, 1.82) is 0 Å². The molecule has 0 spiro atoms. The zero-order chi connectivity index (χ0) is 21.3. The minimum atomic E-state index is 0.146. The van der Waals surface area contributed by atoms with Gasteiger partial charge in [0, 0.05) is 35.5 Å². The molecule has 0 bridgehead atoms. The molecular formula is C25H31ClN4. The lowest BCUT2D eigenvalue weighted by Gasteiger charge is -2.35. The second-order valence-electron chi connectivity index (χ2n) is 9.54. The molecule has 1 heterocycles. The molecule has 4 nitrogen and oxygen atoms in total. The third-order valence-electron chi connectivity index (χ3n) is 5.95. The van der Waals surface area contributed by atoms with Gasteiger partial charge in [0.1, 0.15) is 0 Å². The van der Waals surface area contributed by atoms with Crippen LogP contribution in [0.5, 0.6) is 0 Å². The highest BCUT2D eigenvalue weighted by Gasteiger charge is 2.34. The van der Waals surface area contributed by atoms with Crippen LogP contribution in [0.25, 0.3) is 0 Å². The maximum absolute atomic E-state index is 6.12. The SMILES string of the molecule is CN(C)CC(C)(C)CNC1=NCC2CC(c3ccc(Cl)cc3)c3ccccc3C2=N1. The van der Waals surface area contributed by atoms with Crippen molar-refractivity contribution in [3.05, 3.63) is 70.2 Å². The molecule has 0 fully saturated rings. The van der Waals surface area contributed by atoms with Gasteiger partial charge in [0.05, 0.1) is 12.3 Å². The number of nitrogens with one attached hydrogen (secondary N) is 1. The van der Waals surface area contributed by atoms with E-state index in [1.54, 1.807) is 0 Å². The number of benzene rings is 2. The summed E-state index contributed by atoms with van der Waals surface area (Å²) in [5, 5.41) is 4.28. The molecule has 30 heavy (non-hydrogen) atoms. The third-order valence-corrected chi connectivity index (χ3v) is 6.20. The zero-order valence-corrected chi connectivity index (χ0v) is 19.1. The number of nitrogens with zero attached hydrogens (tertiary/aromatic N) is 3. The van der Waals surface area contributed by atoms with Crippen molar-refractivity contribution in [3.8, 4) is 0 Å². The first-order chi connectivity index (χ1) is 14.3. The fourth-order valence-electron chi connectivity index (χ4n) is 4.77. The van der Waals surface area contributed by atoms with E-state index in [0.717, 1.165) is 37.0 Å². The molecule has 0 radical (unpaired) electrons. The second-order valence-corrected chi connectivity index (χ2v) is 9.98. The Balaban J connectivity index is 1.58. The summed E-state index contributed by atoms with van der Waals surface area (Å²) in [6.07, 6.45) is 1.03. The van der Waals surface area contributed by atoms with Crippen LogP contribution in [0.2, 0.25) is 5.02 Å². The van der Waals surface area contributed by atoms with Crippen LogP contribution >= 0.6 is 11.6 Å². The van der Waals surface area contributed by atoms with Gasteiger partial charge in [0.15, 0.2) is 0 Å². The largest absolute Gasteiger partial charge is 0.354 e. The number of halogens is 1. The van der Waals surface area contributed by atoms with Crippen molar-refractivity contribution < 1.29 is 0 Å². The van der Waals surface area contributed by atoms with E-state index in [1.807, 2.05) is 12.1 Å². The van der Waals surface area contributed by atoms with Gasteiger partial charge < -0.3 is 10.2 Å². The van der Waals surface area contributed by atoms with Crippen molar-refractivity contribution in [2.24, 2.45) is 21.3 Å². The molecule has 0 aromatic heterocycles. The summed E-state index contributed by atoms with van der Waals surface area (Å²) in [5.41, 5.74) is 5.25. The van der Waals surface area contributed by atoms with Gasteiger partial charge in [0.25, 0.3) is 0 Å². The minimum Gasteiger partial charge on any atom is -0.354 e. The molecule has 1 N–H and O–H groups in total. The third kappa shape index (κ3) is 4.60. The predicted octanol–water partition coefficient (Wildman–Crippen LogP) is 4.83. The second kappa shape index (κ2) is 8.52. The molecule has 4 rings (SSSR count). The maximum Gasteiger partial charge on any atom is 0.218 e. The Kier molecular flexibility index (Phi) is 5.99.